The van der Waals surface area contributed by atoms with Crippen LogP contribution in [0.4, 0.5) is 17.5 Å². The smallest absolute Gasteiger partial charge is 0.225 e. The molecule has 0 amide bonds. The van der Waals surface area contributed by atoms with Gasteiger partial charge in [0.2, 0.25) is 5.95 Å². The average Bonchev–Trinajstić information content (AvgIpc) is 2.70. The van der Waals surface area contributed by atoms with Crippen LogP contribution in [0.15, 0.2) is 60.9 Å². The highest BCUT2D eigenvalue weighted by Crippen LogP contribution is 2.25. The van der Waals surface area contributed by atoms with Crippen molar-refractivity contribution < 1.29 is 0 Å². The summed E-state index contributed by atoms with van der Waals surface area (Å²) in [6.45, 7) is 0. The molecular formula is C21H23N5. The molecule has 4 rings (SSSR count). The lowest BCUT2D eigenvalue weighted by Crippen LogP contribution is -2.23. The van der Waals surface area contributed by atoms with E-state index in [1.807, 2.05) is 48.5 Å². The Morgan fingerprint density at radius 3 is 2.38 bits per heavy atom. The van der Waals surface area contributed by atoms with Crippen LogP contribution in [-0.2, 0) is 0 Å². The van der Waals surface area contributed by atoms with Crippen molar-refractivity contribution in [2.24, 2.45) is 0 Å². The molecule has 0 radical (unpaired) electrons. The summed E-state index contributed by atoms with van der Waals surface area (Å²) in [6.07, 6.45) is 9.82. The molecule has 2 heterocycles. The zero-order valence-corrected chi connectivity index (χ0v) is 14.7. The Kier molecular flexibility index (Phi) is 5.05. The summed E-state index contributed by atoms with van der Waals surface area (Å²) in [7, 11) is 0. The van der Waals surface area contributed by atoms with Gasteiger partial charge in [0.15, 0.2) is 0 Å². The second-order valence-electron chi connectivity index (χ2n) is 6.67. The molecule has 1 saturated carbocycles. The summed E-state index contributed by atoms with van der Waals surface area (Å²) in [5.41, 5.74) is 2.93. The van der Waals surface area contributed by atoms with E-state index in [2.05, 4.69) is 15.6 Å². The number of aromatic nitrogens is 3. The van der Waals surface area contributed by atoms with Crippen LogP contribution >= 0.6 is 0 Å². The van der Waals surface area contributed by atoms with Gasteiger partial charge in [-0.3, -0.25) is 4.98 Å². The first-order valence-electron chi connectivity index (χ1n) is 9.25. The number of benzene rings is 1. The normalized spacial score (nSPS) is 14.8. The van der Waals surface area contributed by atoms with Crippen LogP contribution in [-0.4, -0.2) is 21.0 Å². The Hall–Kier alpha value is -2.95. The molecular weight excluding hydrogens is 322 g/mol. The first-order valence-corrected chi connectivity index (χ1v) is 9.25. The number of para-hydroxylation sites is 1. The number of anilines is 3. The molecule has 3 aromatic rings. The van der Waals surface area contributed by atoms with Gasteiger partial charge in [0.1, 0.15) is 5.82 Å². The van der Waals surface area contributed by atoms with Gasteiger partial charge in [0.25, 0.3) is 0 Å². The third-order valence-corrected chi connectivity index (χ3v) is 4.69. The monoisotopic (exact) mass is 345 g/mol. The minimum absolute atomic E-state index is 0.459. The van der Waals surface area contributed by atoms with Crippen LogP contribution in [0.5, 0.6) is 0 Å². The van der Waals surface area contributed by atoms with Crippen LogP contribution in [0.3, 0.4) is 0 Å². The van der Waals surface area contributed by atoms with E-state index in [-0.39, 0.29) is 0 Å². The van der Waals surface area contributed by atoms with Crippen molar-refractivity contribution in [3.63, 3.8) is 0 Å². The Morgan fingerprint density at radius 1 is 0.846 bits per heavy atom. The average molecular weight is 345 g/mol. The fourth-order valence-electron chi connectivity index (χ4n) is 3.35. The molecule has 5 nitrogen and oxygen atoms in total. The summed E-state index contributed by atoms with van der Waals surface area (Å²) in [6, 6.07) is 16.5. The Bertz CT molecular complexity index is 830. The van der Waals surface area contributed by atoms with E-state index in [4.69, 9.17) is 9.97 Å². The molecule has 1 fully saturated rings. The maximum atomic E-state index is 4.75. The first kappa shape index (κ1) is 16.5. The van der Waals surface area contributed by atoms with Gasteiger partial charge in [0.05, 0.1) is 5.69 Å². The van der Waals surface area contributed by atoms with E-state index >= 15 is 0 Å². The molecule has 0 bridgehead atoms. The summed E-state index contributed by atoms with van der Waals surface area (Å²) >= 11 is 0. The Balaban J connectivity index is 1.64. The number of nitrogens with zero attached hydrogens (tertiary/aromatic N) is 3. The van der Waals surface area contributed by atoms with Crippen molar-refractivity contribution in [1.82, 2.24) is 15.0 Å². The second kappa shape index (κ2) is 7.95. The van der Waals surface area contributed by atoms with Gasteiger partial charge >= 0.3 is 0 Å². The van der Waals surface area contributed by atoms with E-state index in [0.717, 1.165) is 22.8 Å². The Labute approximate surface area is 153 Å². The number of hydrogen-bond acceptors (Lipinski definition) is 5. The molecule has 1 aromatic carbocycles. The number of pyridine rings is 1. The first-order chi connectivity index (χ1) is 12.9. The molecule has 26 heavy (non-hydrogen) atoms. The zero-order chi connectivity index (χ0) is 17.6. The topological polar surface area (TPSA) is 62.7 Å². The zero-order valence-electron chi connectivity index (χ0n) is 14.7. The van der Waals surface area contributed by atoms with Crippen LogP contribution in [0.25, 0.3) is 11.3 Å². The van der Waals surface area contributed by atoms with Crippen molar-refractivity contribution in [3.05, 3.63) is 60.9 Å². The number of nitrogens with one attached hydrogen (secondary N) is 2. The lowest BCUT2D eigenvalue weighted by Gasteiger charge is -2.23. The van der Waals surface area contributed by atoms with Crippen LogP contribution in [0, 0.1) is 0 Å². The lowest BCUT2D eigenvalue weighted by molar-refractivity contribution is 0.461. The summed E-state index contributed by atoms with van der Waals surface area (Å²) < 4.78 is 0. The van der Waals surface area contributed by atoms with Gasteiger partial charge in [-0.1, -0.05) is 37.5 Å². The summed E-state index contributed by atoms with van der Waals surface area (Å²) in [5, 5.41) is 6.92. The second-order valence-corrected chi connectivity index (χ2v) is 6.67. The molecule has 0 unspecified atom stereocenters. The summed E-state index contributed by atoms with van der Waals surface area (Å²) in [5.74, 6) is 1.47. The fourth-order valence-corrected chi connectivity index (χ4v) is 3.35. The van der Waals surface area contributed by atoms with Gasteiger partial charge in [-0.25, -0.2) is 4.98 Å². The van der Waals surface area contributed by atoms with Crippen molar-refractivity contribution >= 4 is 17.5 Å². The van der Waals surface area contributed by atoms with Crippen molar-refractivity contribution in [2.75, 3.05) is 10.6 Å². The lowest BCUT2D eigenvalue weighted by atomic mass is 9.96. The maximum Gasteiger partial charge on any atom is 0.225 e. The standard InChI is InChI=1S/C21H23N5/c1-3-7-17(8-4-1)23-20-15-19(16-11-13-22-14-12-16)25-21(26-20)24-18-9-5-2-6-10-18/h1,3-4,7-8,11-15,18H,2,5-6,9-10H2,(H2,23,24,25,26). The SMILES string of the molecule is c1ccc(Nc2cc(-c3ccncc3)nc(NC3CCCCC3)n2)cc1. The highest BCUT2D eigenvalue weighted by atomic mass is 15.2. The van der Waals surface area contributed by atoms with Gasteiger partial charge in [-0.15, -0.1) is 0 Å². The van der Waals surface area contributed by atoms with E-state index in [1.54, 1.807) is 12.4 Å². The quantitative estimate of drug-likeness (QED) is 0.679. The van der Waals surface area contributed by atoms with E-state index < -0.39 is 0 Å². The van der Waals surface area contributed by atoms with Crippen molar-refractivity contribution in [3.8, 4) is 11.3 Å². The van der Waals surface area contributed by atoms with E-state index in [0.29, 0.717) is 12.0 Å². The maximum absolute atomic E-state index is 4.75. The molecule has 5 heteroatoms. The largest absolute Gasteiger partial charge is 0.351 e. The molecule has 0 saturated heterocycles. The van der Waals surface area contributed by atoms with E-state index in [1.165, 1.54) is 32.1 Å². The summed E-state index contributed by atoms with van der Waals surface area (Å²) in [4.78, 5) is 13.6. The molecule has 2 N–H and O–H groups in total. The van der Waals surface area contributed by atoms with Crippen molar-refractivity contribution in [1.29, 1.82) is 0 Å². The van der Waals surface area contributed by atoms with Gasteiger partial charge in [-0.05, 0) is 37.1 Å². The highest BCUT2D eigenvalue weighted by Gasteiger charge is 2.15. The van der Waals surface area contributed by atoms with Gasteiger partial charge < -0.3 is 10.6 Å². The third kappa shape index (κ3) is 4.17. The number of rotatable bonds is 5. The van der Waals surface area contributed by atoms with Gasteiger partial charge in [0, 0.05) is 35.8 Å². The number of hydrogen-bond donors (Lipinski definition) is 2. The predicted molar refractivity (Wildman–Crippen MR) is 105 cm³/mol. The van der Waals surface area contributed by atoms with E-state index in [9.17, 15) is 0 Å². The van der Waals surface area contributed by atoms with Crippen LogP contribution < -0.4 is 10.6 Å². The molecule has 1 aliphatic rings. The van der Waals surface area contributed by atoms with Crippen LogP contribution in [0.2, 0.25) is 0 Å². The minimum atomic E-state index is 0.459. The molecule has 1 aliphatic carbocycles. The van der Waals surface area contributed by atoms with Gasteiger partial charge in [-0.2, -0.15) is 4.98 Å². The molecule has 0 aliphatic heterocycles. The minimum Gasteiger partial charge on any atom is -0.351 e. The van der Waals surface area contributed by atoms with Crippen molar-refractivity contribution in [2.45, 2.75) is 38.1 Å². The Morgan fingerprint density at radius 2 is 1.62 bits per heavy atom. The molecule has 0 atom stereocenters. The fraction of sp³-hybridized carbons (Fsp3) is 0.286. The molecule has 0 spiro atoms. The highest BCUT2D eigenvalue weighted by molar-refractivity contribution is 5.67. The molecule has 2 aromatic heterocycles. The predicted octanol–water partition coefficient (Wildman–Crippen LogP) is 5.03. The van der Waals surface area contributed by atoms with Crippen LogP contribution in [0.1, 0.15) is 32.1 Å². The molecule has 132 valence electrons. The third-order valence-electron chi connectivity index (χ3n) is 4.69.